The Morgan fingerprint density at radius 2 is 2.24 bits per heavy atom. The summed E-state index contributed by atoms with van der Waals surface area (Å²) in [5, 5.41) is 0.548. The molecule has 0 saturated carbocycles. The minimum Gasteiger partial charge on any atom is -0.494 e. The van der Waals surface area contributed by atoms with Gasteiger partial charge in [-0.25, -0.2) is 9.37 Å². The summed E-state index contributed by atoms with van der Waals surface area (Å²) in [5.74, 6) is -0.103. The van der Waals surface area contributed by atoms with Crippen LogP contribution in [0.2, 0.25) is 0 Å². The first kappa shape index (κ1) is 11.9. The highest BCUT2D eigenvalue weighted by atomic mass is 32.1. The molecule has 2 rings (SSSR count). The largest absolute Gasteiger partial charge is 0.494 e. The van der Waals surface area contributed by atoms with Crippen molar-refractivity contribution in [3.05, 3.63) is 40.2 Å². The molecule has 0 spiro atoms. The van der Waals surface area contributed by atoms with E-state index in [9.17, 15) is 4.39 Å². The second-order valence-corrected chi connectivity index (χ2v) is 4.94. The molecule has 2 N–H and O–H groups in total. The third kappa shape index (κ3) is 2.55. The Morgan fingerprint density at radius 1 is 1.47 bits per heavy atom. The van der Waals surface area contributed by atoms with Crippen LogP contribution >= 0.6 is 11.3 Å². The Hall–Kier alpha value is -1.62. The minimum absolute atomic E-state index is 0.253. The summed E-state index contributed by atoms with van der Waals surface area (Å²) in [7, 11) is 1.45. The number of hydrogen-bond acceptors (Lipinski definition) is 4. The van der Waals surface area contributed by atoms with Gasteiger partial charge in [0.2, 0.25) is 0 Å². The van der Waals surface area contributed by atoms with Crippen molar-refractivity contribution in [3.63, 3.8) is 0 Å². The average molecular weight is 252 g/mol. The van der Waals surface area contributed by atoms with Crippen molar-refractivity contribution in [2.24, 2.45) is 0 Å². The molecule has 1 aromatic heterocycles. The normalized spacial score (nSPS) is 10.5. The van der Waals surface area contributed by atoms with E-state index in [1.807, 2.05) is 13.0 Å². The molecule has 0 aliphatic carbocycles. The van der Waals surface area contributed by atoms with Crippen LogP contribution in [0.1, 0.15) is 16.1 Å². The van der Waals surface area contributed by atoms with Gasteiger partial charge in [0, 0.05) is 11.3 Å². The molecular weight excluding hydrogens is 239 g/mol. The summed E-state index contributed by atoms with van der Waals surface area (Å²) in [6, 6.07) is 4.92. The number of benzene rings is 1. The summed E-state index contributed by atoms with van der Waals surface area (Å²) >= 11 is 1.45. The summed E-state index contributed by atoms with van der Waals surface area (Å²) in [6.07, 6.45) is 0.584. The van der Waals surface area contributed by atoms with Gasteiger partial charge in [-0.2, -0.15) is 0 Å². The first-order valence-electron chi connectivity index (χ1n) is 5.14. The molecule has 17 heavy (non-hydrogen) atoms. The van der Waals surface area contributed by atoms with E-state index in [2.05, 4.69) is 4.98 Å². The second-order valence-electron chi connectivity index (χ2n) is 3.70. The Balaban J connectivity index is 2.24. The Morgan fingerprint density at radius 3 is 2.76 bits per heavy atom. The third-order valence-corrected chi connectivity index (χ3v) is 3.34. The zero-order valence-electron chi connectivity index (χ0n) is 9.66. The number of nitrogen functional groups attached to an aromatic ring is 1. The highest BCUT2D eigenvalue weighted by molar-refractivity contribution is 7.15. The molecular formula is C12H13FN2OS. The monoisotopic (exact) mass is 252 g/mol. The van der Waals surface area contributed by atoms with Gasteiger partial charge in [0.05, 0.1) is 12.8 Å². The molecule has 3 nitrogen and oxygen atoms in total. The van der Waals surface area contributed by atoms with Crippen molar-refractivity contribution in [1.29, 1.82) is 0 Å². The lowest BCUT2D eigenvalue weighted by Gasteiger charge is -2.04. The molecule has 5 heteroatoms. The maximum Gasteiger partial charge on any atom is 0.180 e. The van der Waals surface area contributed by atoms with Crippen molar-refractivity contribution < 1.29 is 9.13 Å². The van der Waals surface area contributed by atoms with E-state index in [1.165, 1.54) is 24.5 Å². The predicted molar refractivity (Wildman–Crippen MR) is 67.0 cm³/mol. The molecule has 0 amide bonds. The predicted octanol–water partition coefficient (Wildman–Crippen LogP) is 2.77. The van der Waals surface area contributed by atoms with Gasteiger partial charge in [-0.15, -0.1) is 11.3 Å². The lowest BCUT2D eigenvalue weighted by atomic mass is 10.1. The third-order valence-electron chi connectivity index (χ3n) is 2.50. The van der Waals surface area contributed by atoms with Crippen LogP contribution in [0.15, 0.2) is 18.2 Å². The molecule has 90 valence electrons. The number of ether oxygens (including phenoxy) is 1. The maximum absolute atomic E-state index is 13.5. The van der Waals surface area contributed by atoms with Crippen LogP contribution in [0.25, 0.3) is 0 Å². The molecule has 0 fully saturated rings. The van der Waals surface area contributed by atoms with E-state index in [-0.39, 0.29) is 11.6 Å². The molecule has 1 aromatic carbocycles. The number of halogens is 1. The van der Waals surface area contributed by atoms with Gasteiger partial charge in [-0.3, -0.25) is 0 Å². The fourth-order valence-electron chi connectivity index (χ4n) is 1.63. The summed E-state index contributed by atoms with van der Waals surface area (Å²) in [4.78, 5) is 5.29. The number of nitrogens with two attached hydrogens (primary N) is 1. The molecule has 0 atom stereocenters. The lowest BCUT2D eigenvalue weighted by Crippen LogP contribution is -1.94. The number of hydrogen-bond donors (Lipinski definition) is 1. The van der Waals surface area contributed by atoms with E-state index < -0.39 is 0 Å². The highest BCUT2D eigenvalue weighted by Crippen LogP contribution is 2.24. The molecule has 2 aromatic rings. The topological polar surface area (TPSA) is 48.1 Å². The van der Waals surface area contributed by atoms with Crippen LogP contribution < -0.4 is 10.5 Å². The molecule has 0 bridgehead atoms. The fraction of sp³-hybridized carbons (Fsp3) is 0.250. The van der Waals surface area contributed by atoms with Gasteiger partial charge in [-0.1, -0.05) is 6.07 Å². The van der Waals surface area contributed by atoms with Crippen molar-refractivity contribution >= 4 is 16.5 Å². The van der Waals surface area contributed by atoms with Crippen molar-refractivity contribution in [2.75, 3.05) is 12.8 Å². The van der Waals surface area contributed by atoms with Crippen LogP contribution in [-0.2, 0) is 6.42 Å². The van der Waals surface area contributed by atoms with Crippen molar-refractivity contribution in [2.45, 2.75) is 13.3 Å². The lowest BCUT2D eigenvalue weighted by molar-refractivity contribution is 0.386. The quantitative estimate of drug-likeness (QED) is 0.913. The average Bonchev–Trinajstić information content (AvgIpc) is 2.58. The van der Waals surface area contributed by atoms with Gasteiger partial charge >= 0.3 is 0 Å². The van der Waals surface area contributed by atoms with E-state index in [0.29, 0.717) is 11.6 Å². The first-order valence-corrected chi connectivity index (χ1v) is 5.96. The minimum atomic E-state index is -0.356. The Kier molecular flexibility index (Phi) is 3.28. The van der Waals surface area contributed by atoms with Gasteiger partial charge in [0.15, 0.2) is 16.7 Å². The van der Waals surface area contributed by atoms with Gasteiger partial charge in [0.1, 0.15) is 0 Å². The van der Waals surface area contributed by atoms with Gasteiger partial charge in [-0.05, 0) is 24.6 Å². The maximum atomic E-state index is 13.5. The molecule has 0 unspecified atom stereocenters. The number of thiazole rings is 1. The van der Waals surface area contributed by atoms with E-state index >= 15 is 0 Å². The number of anilines is 1. The van der Waals surface area contributed by atoms with E-state index in [0.717, 1.165) is 16.1 Å². The van der Waals surface area contributed by atoms with Crippen LogP contribution in [-0.4, -0.2) is 12.1 Å². The highest BCUT2D eigenvalue weighted by Gasteiger charge is 2.08. The molecule has 0 aliphatic rings. The Labute approximate surface area is 103 Å². The number of nitrogens with zero attached hydrogens (tertiary/aromatic N) is 1. The standard InChI is InChI=1S/C12H13FN2OS/c1-7-10(15-12(14)17-7)6-8-3-4-11(16-2)9(13)5-8/h3-5H,6H2,1-2H3,(H2,14,15). The molecule has 1 heterocycles. The fourth-order valence-corrected chi connectivity index (χ4v) is 2.33. The smallest absolute Gasteiger partial charge is 0.180 e. The zero-order chi connectivity index (χ0) is 12.4. The first-order chi connectivity index (χ1) is 8.10. The summed E-state index contributed by atoms with van der Waals surface area (Å²) < 4.78 is 18.4. The van der Waals surface area contributed by atoms with Crippen LogP contribution in [0.5, 0.6) is 5.75 Å². The van der Waals surface area contributed by atoms with E-state index in [4.69, 9.17) is 10.5 Å². The number of methoxy groups -OCH3 is 1. The second kappa shape index (κ2) is 4.71. The number of rotatable bonds is 3. The van der Waals surface area contributed by atoms with Crippen molar-refractivity contribution in [1.82, 2.24) is 4.98 Å². The Bertz CT molecular complexity index is 539. The summed E-state index contributed by atoms with van der Waals surface area (Å²) in [6.45, 7) is 1.96. The molecule has 0 radical (unpaired) electrons. The number of aryl methyl sites for hydroxylation is 1. The van der Waals surface area contributed by atoms with Gasteiger partial charge < -0.3 is 10.5 Å². The zero-order valence-corrected chi connectivity index (χ0v) is 10.5. The summed E-state index contributed by atoms with van der Waals surface area (Å²) in [5.41, 5.74) is 7.38. The molecule has 0 aliphatic heterocycles. The van der Waals surface area contributed by atoms with Gasteiger partial charge in [0.25, 0.3) is 0 Å². The number of aromatic nitrogens is 1. The van der Waals surface area contributed by atoms with Crippen molar-refractivity contribution in [3.8, 4) is 5.75 Å². The van der Waals surface area contributed by atoms with Crippen LogP contribution in [0.4, 0.5) is 9.52 Å². The molecule has 0 saturated heterocycles. The van der Waals surface area contributed by atoms with Crippen LogP contribution in [0.3, 0.4) is 0 Å². The SMILES string of the molecule is COc1ccc(Cc2nc(N)sc2C)cc1F. The van der Waals surface area contributed by atoms with Crippen LogP contribution in [0, 0.1) is 12.7 Å². The van der Waals surface area contributed by atoms with E-state index in [1.54, 1.807) is 6.07 Å².